The molecule has 1 aromatic heterocycles. The summed E-state index contributed by atoms with van der Waals surface area (Å²) in [6, 6.07) is 10.0. The third kappa shape index (κ3) is 5.22. The molecule has 0 atom stereocenters. The number of thiazole rings is 1. The maximum atomic E-state index is 12.8. The highest BCUT2D eigenvalue weighted by atomic mass is 35.5. The van der Waals surface area contributed by atoms with E-state index in [4.69, 9.17) is 32.7 Å². The molecule has 0 unspecified atom stereocenters. The third-order valence-corrected chi connectivity index (χ3v) is 5.49. The number of hydrogen-bond acceptors (Lipinski definition) is 5. The minimum Gasteiger partial charge on any atom is -0.491 e. The highest BCUT2D eigenvalue weighted by Gasteiger charge is 2.16. The molecule has 9 heteroatoms. The van der Waals surface area contributed by atoms with E-state index in [9.17, 15) is 9.59 Å². The molecule has 1 heterocycles. The maximum Gasteiger partial charge on any atom is 0.326 e. The predicted molar refractivity (Wildman–Crippen MR) is 119 cm³/mol. The van der Waals surface area contributed by atoms with Crippen molar-refractivity contribution in [2.24, 2.45) is 4.99 Å². The number of halogens is 2. The van der Waals surface area contributed by atoms with Crippen molar-refractivity contribution in [3.8, 4) is 5.75 Å². The van der Waals surface area contributed by atoms with Crippen molar-refractivity contribution in [1.29, 1.82) is 0 Å². The van der Waals surface area contributed by atoms with Crippen LogP contribution in [0.25, 0.3) is 10.2 Å². The normalized spacial score (nSPS) is 11.9. The summed E-state index contributed by atoms with van der Waals surface area (Å²) in [4.78, 5) is 29.4. The molecule has 158 valence electrons. The smallest absolute Gasteiger partial charge is 0.326 e. The second-order valence-corrected chi connectivity index (χ2v) is 8.47. The van der Waals surface area contributed by atoms with Gasteiger partial charge >= 0.3 is 5.97 Å². The minimum atomic E-state index is -0.452. The molecule has 0 aliphatic heterocycles. The van der Waals surface area contributed by atoms with E-state index in [0.29, 0.717) is 36.4 Å². The van der Waals surface area contributed by atoms with Crippen LogP contribution in [0.15, 0.2) is 41.4 Å². The van der Waals surface area contributed by atoms with Gasteiger partial charge < -0.3 is 14.0 Å². The topological polar surface area (TPSA) is 69.9 Å². The first kappa shape index (κ1) is 22.3. The second-order valence-electron chi connectivity index (χ2n) is 6.62. The van der Waals surface area contributed by atoms with Gasteiger partial charge in [0.05, 0.1) is 28.0 Å². The van der Waals surface area contributed by atoms with Crippen molar-refractivity contribution in [2.45, 2.75) is 33.4 Å². The van der Waals surface area contributed by atoms with Crippen molar-refractivity contribution < 1.29 is 19.1 Å². The Bertz CT molecular complexity index is 1150. The highest BCUT2D eigenvalue weighted by Crippen LogP contribution is 2.29. The van der Waals surface area contributed by atoms with Crippen LogP contribution < -0.4 is 9.54 Å². The molecule has 0 N–H and O–H groups in total. The summed E-state index contributed by atoms with van der Waals surface area (Å²) in [5.74, 6) is -0.230. The van der Waals surface area contributed by atoms with Crippen LogP contribution in [0.4, 0.5) is 0 Å². The van der Waals surface area contributed by atoms with E-state index in [-0.39, 0.29) is 19.3 Å². The van der Waals surface area contributed by atoms with Crippen molar-refractivity contribution >= 4 is 56.6 Å². The van der Waals surface area contributed by atoms with E-state index >= 15 is 0 Å². The summed E-state index contributed by atoms with van der Waals surface area (Å²) in [6.07, 6.45) is 0.0354. The molecule has 3 rings (SSSR count). The van der Waals surface area contributed by atoms with Gasteiger partial charge in [0.15, 0.2) is 4.80 Å². The van der Waals surface area contributed by atoms with Gasteiger partial charge in [0.25, 0.3) is 5.91 Å². The lowest BCUT2D eigenvalue weighted by Gasteiger charge is -2.09. The van der Waals surface area contributed by atoms with Crippen molar-refractivity contribution in [3.05, 3.63) is 56.8 Å². The molecule has 0 bridgehead atoms. The number of amides is 1. The lowest BCUT2D eigenvalue weighted by molar-refractivity contribution is -0.143. The summed E-state index contributed by atoms with van der Waals surface area (Å²) >= 11 is 13.7. The van der Waals surface area contributed by atoms with Crippen LogP contribution in [0.3, 0.4) is 0 Å². The Morgan fingerprint density at radius 3 is 2.50 bits per heavy atom. The number of ether oxygens (including phenoxy) is 2. The molecule has 0 radical (unpaired) electrons. The van der Waals surface area contributed by atoms with Gasteiger partial charge in [0, 0.05) is 10.6 Å². The lowest BCUT2D eigenvalue weighted by atomic mass is 10.2. The number of carbonyl (C=O) groups excluding carboxylic acids is 2. The molecule has 1 amide bonds. The van der Waals surface area contributed by atoms with E-state index in [1.165, 1.54) is 11.3 Å². The standard InChI is InChI=1S/C21H20Cl2N2O4S/c1-4-28-18(26)11-25-19-16(23)9-14(22)10-17(19)30-21(25)24-20(27)13-5-7-15(8-6-13)29-12(2)3/h5-10,12H,4,11H2,1-3H3. The number of esters is 1. The molecule has 0 saturated carbocycles. The molecule has 0 aliphatic rings. The molecular formula is C21H20Cl2N2O4S. The maximum absolute atomic E-state index is 12.8. The molecule has 30 heavy (non-hydrogen) atoms. The molecule has 2 aromatic carbocycles. The Labute approximate surface area is 187 Å². The number of fused-ring (bicyclic) bond motifs is 1. The molecular weight excluding hydrogens is 447 g/mol. The highest BCUT2D eigenvalue weighted by molar-refractivity contribution is 7.16. The predicted octanol–water partition coefficient (Wildman–Crippen LogP) is 5.10. The number of nitrogens with zero attached hydrogens (tertiary/aromatic N) is 2. The molecule has 0 spiro atoms. The van der Waals surface area contributed by atoms with Gasteiger partial charge in [-0.1, -0.05) is 34.5 Å². The Balaban J connectivity index is 2.04. The molecule has 0 aliphatic carbocycles. The third-order valence-electron chi connectivity index (χ3n) is 3.96. The fraction of sp³-hybridized carbons (Fsp3) is 0.286. The van der Waals surface area contributed by atoms with Gasteiger partial charge in [0.2, 0.25) is 0 Å². The zero-order valence-corrected chi connectivity index (χ0v) is 19.0. The first-order valence-electron chi connectivity index (χ1n) is 9.28. The van der Waals surface area contributed by atoms with Crippen LogP contribution in [0.5, 0.6) is 5.75 Å². The summed E-state index contributed by atoms with van der Waals surface area (Å²) in [5.41, 5.74) is 0.974. The van der Waals surface area contributed by atoms with Crippen LogP contribution in [0, 0.1) is 0 Å². The van der Waals surface area contributed by atoms with Crippen molar-refractivity contribution in [2.75, 3.05) is 6.61 Å². The van der Waals surface area contributed by atoms with Gasteiger partial charge in [0.1, 0.15) is 12.3 Å². The van der Waals surface area contributed by atoms with E-state index in [1.54, 1.807) is 47.9 Å². The van der Waals surface area contributed by atoms with Gasteiger partial charge in [-0.05, 0) is 57.2 Å². The summed E-state index contributed by atoms with van der Waals surface area (Å²) in [6.45, 7) is 5.70. The van der Waals surface area contributed by atoms with Crippen LogP contribution in [-0.4, -0.2) is 29.2 Å². The van der Waals surface area contributed by atoms with E-state index in [1.807, 2.05) is 13.8 Å². The molecule has 0 saturated heterocycles. The number of aromatic nitrogens is 1. The largest absolute Gasteiger partial charge is 0.491 e. The second kappa shape index (κ2) is 9.64. The Morgan fingerprint density at radius 1 is 1.17 bits per heavy atom. The van der Waals surface area contributed by atoms with Gasteiger partial charge in [-0.2, -0.15) is 4.99 Å². The number of hydrogen-bond donors (Lipinski definition) is 0. The molecule has 6 nitrogen and oxygen atoms in total. The molecule has 0 fully saturated rings. The van der Waals surface area contributed by atoms with Crippen molar-refractivity contribution in [1.82, 2.24) is 4.57 Å². The summed E-state index contributed by atoms with van der Waals surface area (Å²) < 4.78 is 12.9. The van der Waals surface area contributed by atoms with Gasteiger partial charge in [-0.25, -0.2) is 0 Å². The average molecular weight is 467 g/mol. The number of carbonyl (C=O) groups is 2. The fourth-order valence-electron chi connectivity index (χ4n) is 2.80. The van der Waals surface area contributed by atoms with Crippen LogP contribution in [0.1, 0.15) is 31.1 Å². The average Bonchev–Trinajstić information content (AvgIpc) is 2.98. The summed E-state index contributed by atoms with van der Waals surface area (Å²) in [5, 5.41) is 0.817. The zero-order valence-electron chi connectivity index (χ0n) is 16.6. The van der Waals surface area contributed by atoms with E-state index in [0.717, 1.165) is 0 Å². The van der Waals surface area contributed by atoms with Crippen LogP contribution >= 0.6 is 34.5 Å². The van der Waals surface area contributed by atoms with Crippen molar-refractivity contribution in [3.63, 3.8) is 0 Å². The minimum absolute atomic E-state index is 0.0354. The van der Waals surface area contributed by atoms with Crippen LogP contribution in [0.2, 0.25) is 10.0 Å². The van der Waals surface area contributed by atoms with Gasteiger partial charge in [-0.15, -0.1) is 0 Å². The Morgan fingerprint density at radius 2 is 1.87 bits per heavy atom. The fourth-order valence-corrected chi connectivity index (χ4v) is 4.61. The summed E-state index contributed by atoms with van der Waals surface area (Å²) in [7, 11) is 0. The quantitative estimate of drug-likeness (QED) is 0.473. The monoisotopic (exact) mass is 466 g/mol. The number of benzene rings is 2. The van der Waals surface area contributed by atoms with E-state index in [2.05, 4.69) is 4.99 Å². The Kier molecular flexibility index (Phi) is 7.18. The molecule has 3 aromatic rings. The SMILES string of the molecule is CCOC(=O)Cn1c(=NC(=O)c2ccc(OC(C)C)cc2)sc2cc(Cl)cc(Cl)c21. The van der Waals surface area contributed by atoms with Crippen LogP contribution in [-0.2, 0) is 16.1 Å². The Hall–Kier alpha value is -2.35. The van der Waals surface area contributed by atoms with Gasteiger partial charge in [-0.3, -0.25) is 9.59 Å². The zero-order chi connectivity index (χ0) is 21.8. The first-order chi connectivity index (χ1) is 14.3. The number of rotatable bonds is 6. The van der Waals surface area contributed by atoms with E-state index < -0.39 is 11.9 Å². The lowest BCUT2D eigenvalue weighted by Crippen LogP contribution is -2.23. The first-order valence-corrected chi connectivity index (χ1v) is 10.9.